The summed E-state index contributed by atoms with van der Waals surface area (Å²) >= 11 is 0. The van der Waals surface area contributed by atoms with Gasteiger partial charge >= 0.3 is 0 Å². The van der Waals surface area contributed by atoms with Crippen LogP contribution in [-0.4, -0.2) is 18.1 Å². The van der Waals surface area contributed by atoms with Crippen LogP contribution in [0.4, 0.5) is 11.5 Å². The van der Waals surface area contributed by atoms with E-state index in [-0.39, 0.29) is 0 Å². The summed E-state index contributed by atoms with van der Waals surface area (Å²) in [6.07, 6.45) is 1.76. The van der Waals surface area contributed by atoms with Crippen molar-refractivity contribution < 1.29 is 0 Å². The Morgan fingerprint density at radius 3 is 2.88 bits per heavy atom. The molecule has 84 valence electrons. The van der Waals surface area contributed by atoms with Gasteiger partial charge in [-0.25, -0.2) is 4.98 Å². The van der Waals surface area contributed by atoms with Gasteiger partial charge in [0.05, 0.1) is 0 Å². The first-order valence-electron chi connectivity index (χ1n) is 5.31. The Kier molecular flexibility index (Phi) is 2.92. The molecule has 4 nitrogen and oxygen atoms in total. The largest absolute Gasteiger partial charge is 0.398 e. The number of aromatic nitrogens is 1. The van der Waals surface area contributed by atoms with E-state index in [1.54, 1.807) is 6.20 Å². The fourth-order valence-electron chi connectivity index (χ4n) is 1.79. The third kappa shape index (κ3) is 1.92. The third-order valence-electron chi connectivity index (χ3n) is 2.49. The van der Waals surface area contributed by atoms with Crippen molar-refractivity contribution in [2.24, 2.45) is 5.73 Å². The summed E-state index contributed by atoms with van der Waals surface area (Å²) in [5.74, 6) is 0.846. The first-order valence-corrected chi connectivity index (χ1v) is 5.31. The standard InChI is InChI=1S/C12H16N4/c1-8-6-10-9(11(14)7-8)2-4-15-12(10)16-5-3-13/h2,4,6-7H,3,5,13-14H2,1H3,(H,15,16). The SMILES string of the molecule is Cc1cc(N)c2ccnc(NCCN)c2c1. The summed E-state index contributed by atoms with van der Waals surface area (Å²) in [5, 5.41) is 5.28. The summed E-state index contributed by atoms with van der Waals surface area (Å²) in [7, 11) is 0. The van der Waals surface area contributed by atoms with Crippen LogP contribution in [0.3, 0.4) is 0 Å². The second kappa shape index (κ2) is 4.37. The predicted molar refractivity (Wildman–Crippen MR) is 68.4 cm³/mol. The molecule has 2 rings (SSSR count). The number of nitrogens with one attached hydrogen (secondary N) is 1. The number of fused-ring (bicyclic) bond motifs is 1. The van der Waals surface area contributed by atoms with E-state index >= 15 is 0 Å². The second-order valence-electron chi connectivity index (χ2n) is 3.82. The molecule has 0 spiro atoms. The molecule has 0 unspecified atom stereocenters. The number of pyridine rings is 1. The van der Waals surface area contributed by atoms with Gasteiger partial charge < -0.3 is 16.8 Å². The number of anilines is 2. The van der Waals surface area contributed by atoms with Crippen molar-refractivity contribution in [1.82, 2.24) is 4.98 Å². The third-order valence-corrected chi connectivity index (χ3v) is 2.49. The molecule has 0 aliphatic carbocycles. The van der Waals surface area contributed by atoms with Crippen LogP contribution in [0, 0.1) is 6.92 Å². The second-order valence-corrected chi connectivity index (χ2v) is 3.82. The van der Waals surface area contributed by atoms with E-state index < -0.39 is 0 Å². The molecule has 16 heavy (non-hydrogen) atoms. The van der Waals surface area contributed by atoms with Gasteiger partial charge in [0.1, 0.15) is 5.82 Å². The molecule has 0 saturated carbocycles. The lowest BCUT2D eigenvalue weighted by atomic mass is 10.1. The molecule has 1 aromatic heterocycles. The first-order chi connectivity index (χ1) is 7.72. The molecule has 0 atom stereocenters. The number of hydrogen-bond donors (Lipinski definition) is 3. The highest BCUT2D eigenvalue weighted by molar-refractivity contribution is 5.99. The average Bonchev–Trinajstić information content (AvgIpc) is 2.26. The van der Waals surface area contributed by atoms with Gasteiger partial charge in [0.2, 0.25) is 0 Å². The molecule has 0 fully saturated rings. The maximum atomic E-state index is 5.97. The number of nitrogens with two attached hydrogens (primary N) is 2. The quantitative estimate of drug-likeness (QED) is 0.679. The van der Waals surface area contributed by atoms with E-state index in [2.05, 4.69) is 16.4 Å². The molecule has 0 amide bonds. The van der Waals surface area contributed by atoms with Gasteiger partial charge in [-0.1, -0.05) is 0 Å². The van der Waals surface area contributed by atoms with Crippen LogP contribution in [0.15, 0.2) is 24.4 Å². The van der Waals surface area contributed by atoms with Crippen LogP contribution < -0.4 is 16.8 Å². The Labute approximate surface area is 94.7 Å². The summed E-state index contributed by atoms with van der Waals surface area (Å²) < 4.78 is 0. The van der Waals surface area contributed by atoms with E-state index in [0.29, 0.717) is 13.1 Å². The highest BCUT2D eigenvalue weighted by atomic mass is 15.0. The van der Waals surface area contributed by atoms with Crippen molar-refractivity contribution in [2.75, 3.05) is 24.1 Å². The monoisotopic (exact) mass is 216 g/mol. The minimum atomic E-state index is 0.583. The zero-order valence-corrected chi connectivity index (χ0v) is 9.33. The van der Waals surface area contributed by atoms with Crippen LogP contribution in [0.2, 0.25) is 0 Å². The van der Waals surface area contributed by atoms with E-state index in [1.165, 1.54) is 0 Å². The number of benzene rings is 1. The van der Waals surface area contributed by atoms with Gasteiger partial charge in [0, 0.05) is 35.7 Å². The smallest absolute Gasteiger partial charge is 0.133 e. The van der Waals surface area contributed by atoms with Crippen LogP contribution in [0.1, 0.15) is 5.56 Å². The van der Waals surface area contributed by atoms with E-state index in [4.69, 9.17) is 11.5 Å². The fraction of sp³-hybridized carbons (Fsp3) is 0.250. The topological polar surface area (TPSA) is 77.0 Å². The van der Waals surface area contributed by atoms with Gasteiger partial charge in [0.15, 0.2) is 0 Å². The summed E-state index contributed by atoms with van der Waals surface area (Å²) in [5.41, 5.74) is 13.4. The van der Waals surface area contributed by atoms with Crippen molar-refractivity contribution in [2.45, 2.75) is 6.92 Å². The molecule has 0 bridgehead atoms. The highest BCUT2D eigenvalue weighted by Crippen LogP contribution is 2.27. The zero-order valence-electron chi connectivity index (χ0n) is 9.33. The minimum Gasteiger partial charge on any atom is -0.398 e. The Hall–Kier alpha value is -1.81. The maximum Gasteiger partial charge on any atom is 0.133 e. The van der Waals surface area contributed by atoms with E-state index in [9.17, 15) is 0 Å². The maximum absolute atomic E-state index is 5.97. The molecule has 0 aliphatic rings. The molecule has 0 aliphatic heterocycles. The van der Waals surface area contributed by atoms with Crippen LogP contribution in [0.5, 0.6) is 0 Å². The van der Waals surface area contributed by atoms with Gasteiger partial charge in [-0.2, -0.15) is 0 Å². The first kappa shape index (κ1) is 10.7. The van der Waals surface area contributed by atoms with Crippen molar-refractivity contribution in [3.63, 3.8) is 0 Å². The molecule has 0 radical (unpaired) electrons. The van der Waals surface area contributed by atoms with Gasteiger partial charge in [-0.05, 0) is 30.7 Å². The summed E-state index contributed by atoms with van der Waals surface area (Å²) in [6.45, 7) is 3.31. The summed E-state index contributed by atoms with van der Waals surface area (Å²) in [6, 6.07) is 5.98. The number of aryl methyl sites for hydroxylation is 1. The zero-order chi connectivity index (χ0) is 11.5. The molecule has 4 heteroatoms. The molecule has 2 aromatic rings. The molecule has 1 heterocycles. The number of hydrogen-bond acceptors (Lipinski definition) is 4. The molecule has 1 aromatic carbocycles. The Morgan fingerprint density at radius 2 is 2.12 bits per heavy atom. The molecule has 5 N–H and O–H groups in total. The van der Waals surface area contributed by atoms with Crippen molar-refractivity contribution >= 4 is 22.3 Å². The predicted octanol–water partition coefficient (Wildman–Crippen LogP) is 1.50. The fourth-order valence-corrected chi connectivity index (χ4v) is 1.79. The van der Waals surface area contributed by atoms with Crippen molar-refractivity contribution in [3.8, 4) is 0 Å². The van der Waals surface area contributed by atoms with E-state index in [0.717, 1.165) is 27.8 Å². The van der Waals surface area contributed by atoms with Crippen molar-refractivity contribution in [3.05, 3.63) is 30.0 Å². The molecule has 0 saturated heterocycles. The lowest BCUT2D eigenvalue weighted by molar-refractivity contribution is 1.01. The van der Waals surface area contributed by atoms with Crippen LogP contribution >= 0.6 is 0 Å². The number of nitrogen functional groups attached to an aromatic ring is 1. The van der Waals surface area contributed by atoms with Crippen LogP contribution in [0.25, 0.3) is 10.8 Å². The summed E-state index contributed by atoms with van der Waals surface area (Å²) in [4.78, 5) is 4.30. The van der Waals surface area contributed by atoms with Gasteiger partial charge in [0.25, 0.3) is 0 Å². The Balaban J connectivity index is 2.57. The lowest BCUT2D eigenvalue weighted by Gasteiger charge is -2.10. The minimum absolute atomic E-state index is 0.583. The Bertz CT molecular complexity index is 508. The normalized spacial score (nSPS) is 10.6. The lowest BCUT2D eigenvalue weighted by Crippen LogP contribution is -2.14. The molecular weight excluding hydrogens is 200 g/mol. The van der Waals surface area contributed by atoms with E-state index in [1.807, 2.05) is 19.1 Å². The van der Waals surface area contributed by atoms with Crippen LogP contribution in [-0.2, 0) is 0 Å². The number of rotatable bonds is 3. The van der Waals surface area contributed by atoms with Crippen molar-refractivity contribution in [1.29, 1.82) is 0 Å². The number of nitrogens with zero attached hydrogens (tertiary/aromatic N) is 1. The highest BCUT2D eigenvalue weighted by Gasteiger charge is 2.04. The average molecular weight is 216 g/mol. The molecular formula is C12H16N4. The van der Waals surface area contributed by atoms with Gasteiger partial charge in [-0.3, -0.25) is 0 Å². The Morgan fingerprint density at radius 1 is 1.31 bits per heavy atom. The van der Waals surface area contributed by atoms with Gasteiger partial charge in [-0.15, -0.1) is 0 Å².